The third-order valence-electron chi connectivity index (χ3n) is 12.1. The molecule has 7 unspecified atom stereocenters. The summed E-state index contributed by atoms with van der Waals surface area (Å²) in [6.07, 6.45) is 9.29. The van der Waals surface area contributed by atoms with Crippen LogP contribution in [0.5, 0.6) is 0 Å². The zero-order valence-electron chi connectivity index (χ0n) is 28.2. The van der Waals surface area contributed by atoms with Crippen LogP contribution in [0.25, 0.3) is 6.08 Å². The number of rotatable bonds is 6. The summed E-state index contributed by atoms with van der Waals surface area (Å²) >= 11 is 0. The van der Waals surface area contributed by atoms with Gasteiger partial charge in [-0.2, -0.15) is 0 Å². The molecule has 0 aromatic heterocycles. The van der Waals surface area contributed by atoms with Crippen molar-refractivity contribution in [3.63, 3.8) is 0 Å². The van der Waals surface area contributed by atoms with Crippen molar-refractivity contribution in [3.05, 3.63) is 88.0 Å². The molecule has 2 aromatic rings. The first-order valence-electron chi connectivity index (χ1n) is 17.8. The Morgan fingerprint density at radius 2 is 1.75 bits per heavy atom. The van der Waals surface area contributed by atoms with Crippen molar-refractivity contribution in [2.45, 2.75) is 108 Å². The van der Waals surface area contributed by atoms with E-state index in [2.05, 4.69) is 44.3 Å². The zero-order chi connectivity index (χ0) is 33.3. The van der Waals surface area contributed by atoms with Crippen LogP contribution in [0.3, 0.4) is 0 Å². The molecule has 7 atom stereocenters. The number of nitrogens with one attached hydrogen (secondary N) is 1. The van der Waals surface area contributed by atoms with Crippen molar-refractivity contribution in [1.82, 2.24) is 5.32 Å². The second kappa shape index (κ2) is 11.9. The standard InChI is InChI=1S/C40H47NO7/c1-38(2)23-30-25(12-13-34-39(3,47-34)15-14-31(30)38)18-24-8-6-7-11-29(24)37(44)45-32-19-28(36(43)41-16-17-42)20-33-35(32)48-40(46-33)21-26-9-4-5-10-27(26)22-40/h4-11,18,20,30-35,42H,12-17,19,21-23H2,1-3H3,(H,41,43). The molecule has 1 spiro atoms. The summed E-state index contributed by atoms with van der Waals surface area (Å²) in [5.74, 6) is -0.510. The summed E-state index contributed by atoms with van der Waals surface area (Å²) in [6.45, 7) is 7.00. The minimum atomic E-state index is -0.870. The lowest BCUT2D eigenvalue weighted by atomic mass is 9.52. The normalized spacial score (nSPS) is 34.7. The maximum atomic E-state index is 14.1. The van der Waals surface area contributed by atoms with Gasteiger partial charge in [0.15, 0.2) is 5.79 Å². The molecule has 2 aromatic carbocycles. The van der Waals surface area contributed by atoms with E-state index in [1.807, 2.05) is 36.4 Å². The lowest BCUT2D eigenvalue weighted by Crippen LogP contribution is -2.45. The molecule has 254 valence electrons. The average molecular weight is 654 g/mol. The smallest absolute Gasteiger partial charge is 0.339 e. The van der Waals surface area contributed by atoms with Gasteiger partial charge in [0.1, 0.15) is 18.3 Å². The van der Waals surface area contributed by atoms with Crippen LogP contribution in [0.2, 0.25) is 0 Å². The number of aliphatic hydroxyl groups is 1. The fourth-order valence-electron chi connectivity index (χ4n) is 9.36. The van der Waals surface area contributed by atoms with E-state index in [4.69, 9.17) is 18.9 Å². The Hall–Kier alpha value is -3.30. The van der Waals surface area contributed by atoms with Crippen molar-refractivity contribution >= 4 is 18.0 Å². The number of carbonyl (C=O) groups is 2. The van der Waals surface area contributed by atoms with Gasteiger partial charge in [-0.3, -0.25) is 4.79 Å². The summed E-state index contributed by atoms with van der Waals surface area (Å²) in [7, 11) is 0. The number of hydrogen-bond donors (Lipinski definition) is 2. The van der Waals surface area contributed by atoms with E-state index in [0.717, 1.165) is 37.7 Å². The fraction of sp³-hybridized carbons (Fsp3) is 0.550. The molecule has 6 aliphatic rings. The van der Waals surface area contributed by atoms with Crippen LogP contribution < -0.4 is 5.32 Å². The van der Waals surface area contributed by atoms with Crippen molar-refractivity contribution in [1.29, 1.82) is 0 Å². The largest absolute Gasteiger partial charge is 0.456 e. The number of fused-ring (bicyclic) bond motifs is 4. The average Bonchev–Trinajstić information content (AvgIpc) is 3.36. The second-order valence-corrected chi connectivity index (χ2v) is 15.7. The van der Waals surface area contributed by atoms with Crippen molar-refractivity contribution in [2.24, 2.45) is 17.3 Å². The Labute approximate surface area is 282 Å². The highest BCUT2D eigenvalue weighted by atomic mass is 16.8. The SMILES string of the molecule is CC1(C)CC2C(=Cc3ccccc3C(=O)OC3CC(C(=O)NCCO)=CC4OC5(Cc6ccccc6C5)OC43)CCC3OC3(C)CCC21. The number of allylic oxidation sites excluding steroid dienone is 1. The number of epoxide rings is 1. The predicted octanol–water partition coefficient (Wildman–Crippen LogP) is 5.71. The maximum absolute atomic E-state index is 14.1. The first kappa shape index (κ1) is 31.9. The van der Waals surface area contributed by atoms with Gasteiger partial charge in [0, 0.05) is 31.4 Å². The number of esters is 1. The van der Waals surface area contributed by atoms with E-state index in [-0.39, 0.29) is 31.1 Å². The Kier molecular flexibility index (Phi) is 7.94. The molecular formula is C40H47NO7. The number of benzene rings is 2. The van der Waals surface area contributed by atoms with Gasteiger partial charge >= 0.3 is 5.97 Å². The van der Waals surface area contributed by atoms with Crippen LogP contribution in [0.4, 0.5) is 0 Å². The minimum Gasteiger partial charge on any atom is -0.456 e. The Morgan fingerprint density at radius 1 is 1.00 bits per heavy atom. The molecule has 0 radical (unpaired) electrons. The lowest BCUT2D eigenvalue weighted by Gasteiger charge is -2.53. The van der Waals surface area contributed by atoms with Gasteiger partial charge in [0.25, 0.3) is 0 Å². The van der Waals surface area contributed by atoms with E-state index < -0.39 is 30.1 Å². The van der Waals surface area contributed by atoms with Gasteiger partial charge in [-0.15, -0.1) is 0 Å². The highest BCUT2D eigenvalue weighted by Crippen LogP contribution is 2.60. The third-order valence-corrected chi connectivity index (χ3v) is 12.1. The van der Waals surface area contributed by atoms with Gasteiger partial charge in [0.05, 0.1) is 23.9 Å². The molecule has 0 bridgehead atoms. The molecule has 2 saturated heterocycles. The first-order valence-corrected chi connectivity index (χ1v) is 17.8. The van der Waals surface area contributed by atoms with Crippen LogP contribution in [0, 0.1) is 17.3 Å². The molecule has 48 heavy (non-hydrogen) atoms. The zero-order valence-corrected chi connectivity index (χ0v) is 28.2. The lowest BCUT2D eigenvalue weighted by molar-refractivity contribution is -0.172. The molecule has 1 amide bonds. The molecule has 8 heteroatoms. The van der Waals surface area contributed by atoms with Crippen molar-refractivity contribution in [2.75, 3.05) is 13.2 Å². The quantitative estimate of drug-likeness (QED) is 0.304. The highest BCUT2D eigenvalue weighted by Gasteiger charge is 2.57. The predicted molar refractivity (Wildman–Crippen MR) is 180 cm³/mol. The Balaban J connectivity index is 1.06. The third kappa shape index (κ3) is 5.74. The number of carbonyl (C=O) groups excluding carboxylic acids is 2. The number of ether oxygens (including phenoxy) is 4. The molecule has 2 saturated carbocycles. The Morgan fingerprint density at radius 3 is 2.50 bits per heavy atom. The van der Waals surface area contributed by atoms with Crippen molar-refractivity contribution in [3.8, 4) is 0 Å². The topological polar surface area (TPSA) is 107 Å². The van der Waals surface area contributed by atoms with E-state index in [0.29, 0.717) is 47.3 Å². The molecule has 4 fully saturated rings. The van der Waals surface area contributed by atoms with Crippen LogP contribution in [0.15, 0.2) is 65.8 Å². The summed E-state index contributed by atoms with van der Waals surface area (Å²) in [5, 5.41) is 12.0. The summed E-state index contributed by atoms with van der Waals surface area (Å²) < 4.78 is 25.7. The van der Waals surface area contributed by atoms with Gasteiger partial charge in [-0.25, -0.2) is 4.79 Å². The summed E-state index contributed by atoms with van der Waals surface area (Å²) in [5.41, 5.74) is 5.89. The van der Waals surface area contributed by atoms with Crippen LogP contribution in [-0.4, -0.2) is 65.9 Å². The van der Waals surface area contributed by atoms with Gasteiger partial charge in [-0.05, 0) is 85.1 Å². The fourth-order valence-corrected chi connectivity index (χ4v) is 9.36. The molecule has 4 aliphatic carbocycles. The molecule has 2 N–H and O–H groups in total. The number of aliphatic hydroxyl groups excluding tert-OH is 1. The minimum absolute atomic E-state index is 0.0133. The van der Waals surface area contributed by atoms with E-state index >= 15 is 0 Å². The monoisotopic (exact) mass is 653 g/mol. The molecule has 2 aliphatic heterocycles. The van der Waals surface area contributed by atoms with E-state index in [9.17, 15) is 14.7 Å². The van der Waals surface area contributed by atoms with Gasteiger partial charge in [-0.1, -0.05) is 68.0 Å². The van der Waals surface area contributed by atoms with Crippen LogP contribution in [0.1, 0.15) is 86.3 Å². The number of amides is 1. The first-order chi connectivity index (χ1) is 23.1. The van der Waals surface area contributed by atoms with E-state index in [1.54, 1.807) is 6.08 Å². The summed E-state index contributed by atoms with van der Waals surface area (Å²) in [4.78, 5) is 27.2. The Bertz CT molecular complexity index is 1650. The van der Waals surface area contributed by atoms with Gasteiger partial charge < -0.3 is 29.4 Å². The number of hydrogen-bond acceptors (Lipinski definition) is 7. The van der Waals surface area contributed by atoms with Crippen molar-refractivity contribution < 1.29 is 33.6 Å². The summed E-state index contributed by atoms with van der Waals surface area (Å²) in [6, 6.07) is 15.9. The molecule has 8 rings (SSSR count). The van der Waals surface area contributed by atoms with E-state index in [1.165, 1.54) is 16.7 Å². The second-order valence-electron chi connectivity index (χ2n) is 15.7. The maximum Gasteiger partial charge on any atom is 0.339 e. The van der Waals surface area contributed by atoms with Crippen LogP contribution >= 0.6 is 0 Å². The molecular weight excluding hydrogens is 606 g/mol. The molecule has 2 heterocycles. The van der Waals surface area contributed by atoms with Crippen LogP contribution in [-0.2, 0) is 36.6 Å². The van der Waals surface area contributed by atoms with Gasteiger partial charge in [0.2, 0.25) is 5.91 Å². The molecule has 8 nitrogen and oxygen atoms in total. The highest BCUT2D eigenvalue weighted by molar-refractivity contribution is 5.95.